The molecule has 2 nitrogen and oxygen atoms in total. The highest BCUT2D eigenvalue weighted by Gasteiger charge is 2.23. The minimum absolute atomic E-state index is 0.577. The number of hydrogen-bond donors (Lipinski definition) is 0. The van der Waals surface area contributed by atoms with Gasteiger partial charge in [0.1, 0.15) is 0 Å². The van der Waals surface area contributed by atoms with Crippen molar-refractivity contribution < 1.29 is 0 Å². The Morgan fingerprint density at radius 2 is 1.21 bits per heavy atom. The van der Waals surface area contributed by atoms with E-state index in [9.17, 15) is 0 Å². The predicted octanol–water partition coefficient (Wildman–Crippen LogP) is 9.95. The second-order valence-electron chi connectivity index (χ2n) is 10.2. The van der Waals surface area contributed by atoms with E-state index in [4.69, 9.17) is 0 Å². The molecule has 0 aliphatic carbocycles. The summed E-state index contributed by atoms with van der Waals surface area (Å²) in [6.45, 7) is 4.60. The quantitative estimate of drug-likeness (QED) is 0.172. The van der Waals surface area contributed by atoms with Crippen LogP contribution in [0.5, 0.6) is 0 Å². The van der Waals surface area contributed by atoms with Gasteiger partial charge >= 0.3 is 0 Å². The van der Waals surface area contributed by atoms with E-state index in [1.54, 1.807) is 0 Å². The van der Waals surface area contributed by atoms with Crippen LogP contribution in [0, 0.1) is 5.92 Å². The lowest BCUT2D eigenvalue weighted by Gasteiger charge is -2.29. The molecule has 33 heavy (non-hydrogen) atoms. The van der Waals surface area contributed by atoms with E-state index in [1.165, 1.54) is 121 Å². The van der Waals surface area contributed by atoms with E-state index < -0.39 is 0 Å². The Bertz CT molecular complexity index is 649. The molecule has 0 spiro atoms. The topological polar surface area (TPSA) is 17.8 Å². The first kappa shape index (κ1) is 27.7. The highest BCUT2D eigenvalue weighted by Crippen LogP contribution is 2.32. The molecule has 0 aliphatic heterocycles. The molecule has 1 heterocycles. The van der Waals surface area contributed by atoms with Gasteiger partial charge in [-0.3, -0.25) is 0 Å². The molecule has 2 aromatic rings. The van der Waals surface area contributed by atoms with Crippen LogP contribution in [-0.2, 0) is 6.42 Å². The maximum Gasteiger partial charge on any atom is 0.0948 e. The molecule has 2 heteroatoms. The summed E-state index contributed by atoms with van der Waals surface area (Å²) in [5.74, 6) is 0.696. The molecular formula is C31H52N2. The average Bonchev–Trinajstić information content (AvgIpc) is 3.37. The Balaban J connectivity index is 1.89. The number of aromatic nitrogens is 2. The van der Waals surface area contributed by atoms with Crippen LogP contribution in [0.25, 0.3) is 0 Å². The fourth-order valence-electron chi connectivity index (χ4n) is 5.29. The van der Waals surface area contributed by atoms with E-state index in [1.807, 2.05) is 6.20 Å². The van der Waals surface area contributed by atoms with Crippen LogP contribution >= 0.6 is 0 Å². The maximum absolute atomic E-state index is 4.42. The molecule has 0 radical (unpaired) electrons. The second kappa shape index (κ2) is 18.8. The standard InChI is InChI=1S/C31H52N2/c1-3-5-7-9-11-13-14-19-23-30(27-29-21-17-16-18-22-29)31(33-26-25-32-28-33)24-20-15-12-10-8-6-4-2/h16-18,21-22,25-26,28,30-31H,3-15,19-20,23-24,27H2,1-2H3. The molecule has 0 aliphatic rings. The lowest BCUT2D eigenvalue weighted by atomic mass is 9.84. The maximum atomic E-state index is 4.42. The fraction of sp³-hybridized carbons (Fsp3) is 0.710. The van der Waals surface area contributed by atoms with Crippen molar-refractivity contribution in [1.82, 2.24) is 9.55 Å². The summed E-state index contributed by atoms with van der Waals surface area (Å²) in [6.07, 6.45) is 30.9. The van der Waals surface area contributed by atoms with Crippen molar-refractivity contribution in [3.05, 3.63) is 54.6 Å². The first-order valence-electron chi connectivity index (χ1n) is 14.4. The summed E-state index contributed by atoms with van der Waals surface area (Å²) in [4.78, 5) is 4.42. The normalized spacial score (nSPS) is 13.3. The van der Waals surface area contributed by atoms with Gasteiger partial charge in [0.25, 0.3) is 0 Å². The summed E-state index contributed by atoms with van der Waals surface area (Å²) in [6, 6.07) is 11.8. The van der Waals surface area contributed by atoms with Crippen molar-refractivity contribution in [2.24, 2.45) is 5.92 Å². The van der Waals surface area contributed by atoms with Crippen molar-refractivity contribution in [2.75, 3.05) is 0 Å². The van der Waals surface area contributed by atoms with Gasteiger partial charge in [-0.15, -0.1) is 0 Å². The number of benzene rings is 1. The van der Waals surface area contributed by atoms with Crippen LogP contribution < -0.4 is 0 Å². The van der Waals surface area contributed by atoms with Crippen LogP contribution in [0.2, 0.25) is 0 Å². The summed E-state index contributed by atoms with van der Waals surface area (Å²) < 4.78 is 2.43. The van der Waals surface area contributed by atoms with Gasteiger partial charge in [-0.1, -0.05) is 140 Å². The number of rotatable bonds is 21. The van der Waals surface area contributed by atoms with Gasteiger partial charge < -0.3 is 4.57 Å². The van der Waals surface area contributed by atoms with E-state index in [0.29, 0.717) is 12.0 Å². The van der Waals surface area contributed by atoms with Gasteiger partial charge in [-0.2, -0.15) is 0 Å². The molecule has 0 saturated carbocycles. The number of nitrogens with zero attached hydrogens (tertiary/aromatic N) is 2. The summed E-state index contributed by atoms with van der Waals surface area (Å²) >= 11 is 0. The van der Waals surface area contributed by atoms with E-state index in [0.717, 1.165) is 0 Å². The molecule has 186 valence electrons. The van der Waals surface area contributed by atoms with Crippen molar-refractivity contribution in [1.29, 1.82) is 0 Å². The molecule has 2 rings (SSSR count). The second-order valence-corrected chi connectivity index (χ2v) is 10.2. The zero-order chi connectivity index (χ0) is 23.4. The molecule has 0 bridgehead atoms. The number of imidazole rings is 1. The molecule has 1 aromatic carbocycles. The third-order valence-corrected chi connectivity index (χ3v) is 7.32. The van der Waals surface area contributed by atoms with Gasteiger partial charge in [-0.25, -0.2) is 4.98 Å². The van der Waals surface area contributed by atoms with Crippen molar-refractivity contribution in [2.45, 2.75) is 135 Å². The Kier molecular flexibility index (Phi) is 15.8. The molecule has 2 atom stereocenters. The Labute approximate surface area is 205 Å². The molecule has 0 amide bonds. The first-order chi connectivity index (χ1) is 16.3. The van der Waals surface area contributed by atoms with E-state index in [2.05, 4.69) is 66.3 Å². The van der Waals surface area contributed by atoms with E-state index >= 15 is 0 Å². The largest absolute Gasteiger partial charge is 0.334 e. The zero-order valence-corrected chi connectivity index (χ0v) is 21.9. The van der Waals surface area contributed by atoms with Gasteiger partial charge in [-0.05, 0) is 30.7 Å². The smallest absolute Gasteiger partial charge is 0.0948 e. The van der Waals surface area contributed by atoms with Gasteiger partial charge in [0.15, 0.2) is 0 Å². The molecule has 2 unspecified atom stereocenters. The van der Waals surface area contributed by atoms with Crippen molar-refractivity contribution in [3.63, 3.8) is 0 Å². The summed E-state index contributed by atoms with van der Waals surface area (Å²) in [5.41, 5.74) is 1.49. The molecule has 0 fully saturated rings. The molecule has 0 N–H and O–H groups in total. The Hall–Kier alpha value is -1.57. The Morgan fingerprint density at radius 3 is 1.76 bits per heavy atom. The number of unbranched alkanes of at least 4 members (excludes halogenated alkanes) is 13. The molecular weight excluding hydrogens is 400 g/mol. The minimum Gasteiger partial charge on any atom is -0.334 e. The third kappa shape index (κ3) is 12.5. The molecule has 0 saturated heterocycles. The molecule has 1 aromatic heterocycles. The fourth-order valence-corrected chi connectivity index (χ4v) is 5.29. The number of hydrogen-bond acceptors (Lipinski definition) is 1. The van der Waals surface area contributed by atoms with Crippen molar-refractivity contribution in [3.8, 4) is 0 Å². The van der Waals surface area contributed by atoms with Gasteiger partial charge in [0.05, 0.1) is 6.33 Å². The van der Waals surface area contributed by atoms with E-state index in [-0.39, 0.29) is 0 Å². The van der Waals surface area contributed by atoms with Crippen LogP contribution in [0.1, 0.15) is 135 Å². The van der Waals surface area contributed by atoms with Crippen LogP contribution in [0.3, 0.4) is 0 Å². The summed E-state index contributed by atoms with van der Waals surface area (Å²) in [7, 11) is 0. The first-order valence-corrected chi connectivity index (χ1v) is 14.4. The third-order valence-electron chi connectivity index (χ3n) is 7.32. The summed E-state index contributed by atoms with van der Waals surface area (Å²) in [5, 5.41) is 0. The zero-order valence-electron chi connectivity index (χ0n) is 21.9. The highest BCUT2D eigenvalue weighted by molar-refractivity contribution is 5.15. The predicted molar refractivity (Wildman–Crippen MR) is 145 cm³/mol. The lowest BCUT2D eigenvalue weighted by Crippen LogP contribution is -2.21. The SMILES string of the molecule is CCCCCCCCCCC(Cc1ccccc1)C(CCCCCCCCC)n1ccnc1. The van der Waals surface area contributed by atoms with Gasteiger partial charge in [0, 0.05) is 18.4 Å². The van der Waals surface area contributed by atoms with Crippen LogP contribution in [-0.4, -0.2) is 9.55 Å². The minimum atomic E-state index is 0.577. The van der Waals surface area contributed by atoms with Gasteiger partial charge in [0.2, 0.25) is 0 Å². The highest BCUT2D eigenvalue weighted by atomic mass is 15.1. The van der Waals surface area contributed by atoms with Crippen molar-refractivity contribution >= 4 is 0 Å². The Morgan fingerprint density at radius 1 is 0.667 bits per heavy atom. The van der Waals surface area contributed by atoms with Crippen LogP contribution in [0.15, 0.2) is 49.1 Å². The average molecular weight is 453 g/mol. The van der Waals surface area contributed by atoms with Crippen LogP contribution in [0.4, 0.5) is 0 Å². The lowest BCUT2D eigenvalue weighted by molar-refractivity contribution is 0.275. The monoisotopic (exact) mass is 452 g/mol.